The van der Waals surface area contributed by atoms with Crippen LogP contribution in [0.15, 0.2) is 54.6 Å². The van der Waals surface area contributed by atoms with E-state index < -0.39 is 0 Å². The van der Waals surface area contributed by atoms with Crippen LogP contribution >= 0.6 is 0 Å². The lowest BCUT2D eigenvalue weighted by Gasteiger charge is -2.18. The number of anilines is 1. The summed E-state index contributed by atoms with van der Waals surface area (Å²) < 4.78 is 0. The van der Waals surface area contributed by atoms with E-state index in [9.17, 15) is 0 Å². The van der Waals surface area contributed by atoms with Gasteiger partial charge in [-0.15, -0.1) is 0 Å². The van der Waals surface area contributed by atoms with E-state index in [0.717, 1.165) is 0 Å². The number of benzene rings is 1. The SMILES string of the molecule is CC(Nc1ccccc1)C1C=CC=C1. The molecular weight excluding hydrogens is 170 g/mol. The molecule has 0 bridgehead atoms. The van der Waals surface area contributed by atoms with Crippen LogP contribution in [0.3, 0.4) is 0 Å². The Bertz CT molecular complexity index is 326. The van der Waals surface area contributed by atoms with Gasteiger partial charge >= 0.3 is 0 Å². The Hall–Kier alpha value is -1.50. The Morgan fingerprint density at radius 1 is 1.07 bits per heavy atom. The number of para-hydroxylation sites is 1. The molecule has 1 aromatic carbocycles. The van der Waals surface area contributed by atoms with Crippen molar-refractivity contribution in [3.63, 3.8) is 0 Å². The lowest BCUT2D eigenvalue weighted by atomic mass is 10.0. The minimum Gasteiger partial charge on any atom is -0.382 e. The minimum absolute atomic E-state index is 0.451. The van der Waals surface area contributed by atoms with E-state index in [1.165, 1.54) is 5.69 Å². The molecule has 2 rings (SSSR count). The summed E-state index contributed by atoms with van der Waals surface area (Å²) in [6, 6.07) is 10.8. The van der Waals surface area contributed by atoms with Gasteiger partial charge in [-0.25, -0.2) is 0 Å². The molecule has 1 heteroatoms. The summed E-state index contributed by atoms with van der Waals surface area (Å²) >= 11 is 0. The van der Waals surface area contributed by atoms with Gasteiger partial charge in [0.1, 0.15) is 0 Å². The molecule has 1 aliphatic rings. The molecule has 1 atom stereocenters. The first-order valence-electron chi connectivity index (χ1n) is 5.03. The fraction of sp³-hybridized carbons (Fsp3) is 0.231. The van der Waals surface area contributed by atoms with E-state index in [2.05, 4.69) is 60.8 Å². The van der Waals surface area contributed by atoms with Crippen molar-refractivity contribution in [2.45, 2.75) is 13.0 Å². The zero-order chi connectivity index (χ0) is 9.80. The van der Waals surface area contributed by atoms with Crippen LogP contribution in [0.2, 0.25) is 0 Å². The second kappa shape index (κ2) is 4.14. The molecule has 1 aromatic rings. The van der Waals surface area contributed by atoms with Crippen molar-refractivity contribution >= 4 is 5.69 Å². The maximum Gasteiger partial charge on any atom is 0.0342 e. The Kier molecular flexibility index (Phi) is 2.68. The van der Waals surface area contributed by atoms with Crippen molar-refractivity contribution in [3.8, 4) is 0 Å². The van der Waals surface area contributed by atoms with Crippen LogP contribution in [0, 0.1) is 5.92 Å². The van der Waals surface area contributed by atoms with E-state index in [-0.39, 0.29) is 0 Å². The average molecular weight is 185 g/mol. The number of hydrogen-bond acceptors (Lipinski definition) is 1. The number of rotatable bonds is 3. The van der Waals surface area contributed by atoms with Crippen LogP contribution in [0.1, 0.15) is 6.92 Å². The quantitative estimate of drug-likeness (QED) is 0.762. The Balaban J connectivity index is 1.98. The smallest absolute Gasteiger partial charge is 0.0342 e. The molecule has 0 spiro atoms. The molecule has 0 heterocycles. The molecule has 0 saturated carbocycles. The van der Waals surface area contributed by atoms with Gasteiger partial charge in [0.15, 0.2) is 0 Å². The first kappa shape index (κ1) is 9.07. The second-order valence-corrected chi connectivity index (χ2v) is 3.65. The molecule has 0 fully saturated rings. The van der Waals surface area contributed by atoms with Gasteiger partial charge in [-0.2, -0.15) is 0 Å². The third-order valence-electron chi connectivity index (χ3n) is 2.52. The van der Waals surface area contributed by atoms with Gasteiger partial charge < -0.3 is 5.32 Å². The Morgan fingerprint density at radius 2 is 1.71 bits per heavy atom. The highest BCUT2D eigenvalue weighted by Crippen LogP contribution is 2.17. The third kappa shape index (κ3) is 2.05. The molecule has 0 saturated heterocycles. The van der Waals surface area contributed by atoms with E-state index in [1.807, 2.05) is 6.07 Å². The molecule has 72 valence electrons. The first-order valence-corrected chi connectivity index (χ1v) is 5.03. The topological polar surface area (TPSA) is 12.0 Å². The molecule has 14 heavy (non-hydrogen) atoms. The minimum atomic E-state index is 0.451. The summed E-state index contributed by atoms with van der Waals surface area (Å²) in [6.45, 7) is 2.21. The summed E-state index contributed by atoms with van der Waals surface area (Å²) in [5.74, 6) is 0.523. The zero-order valence-corrected chi connectivity index (χ0v) is 8.35. The molecular formula is C13H15N. The van der Waals surface area contributed by atoms with Gasteiger partial charge in [0.05, 0.1) is 0 Å². The number of nitrogens with one attached hydrogen (secondary N) is 1. The van der Waals surface area contributed by atoms with Crippen molar-refractivity contribution in [2.24, 2.45) is 5.92 Å². The van der Waals surface area contributed by atoms with Gasteiger partial charge in [-0.05, 0) is 19.1 Å². The van der Waals surface area contributed by atoms with Crippen molar-refractivity contribution in [1.29, 1.82) is 0 Å². The highest BCUT2D eigenvalue weighted by molar-refractivity contribution is 5.44. The zero-order valence-electron chi connectivity index (χ0n) is 8.35. The van der Waals surface area contributed by atoms with Crippen LogP contribution in [-0.4, -0.2) is 6.04 Å². The lowest BCUT2D eigenvalue weighted by Crippen LogP contribution is -2.22. The maximum atomic E-state index is 3.48. The summed E-state index contributed by atoms with van der Waals surface area (Å²) in [4.78, 5) is 0. The summed E-state index contributed by atoms with van der Waals surface area (Å²) in [7, 11) is 0. The second-order valence-electron chi connectivity index (χ2n) is 3.65. The van der Waals surface area contributed by atoms with Crippen LogP contribution in [0.5, 0.6) is 0 Å². The molecule has 1 nitrogen and oxygen atoms in total. The average Bonchev–Trinajstić information content (AvgIpc) is 2.72. The molecule has 0 aromatic heterocycles. The number of hydrogen-bond donors (Lipinski definition) is 1. The summed E-state index contributed by atoms with van der Waals surface area (Å²) in [5, 5.41) is 3.48. The number of allylic oxidation sites excluding steroid dienone is 2. The maximum absolute atomic E-state index is 3.48. The fourth-order valence-electron chi connectivity index (χ4n) is 1.68. The first-order chi connectivity index (χ1) is 6.86. The Labute approximate surface area is 85.2 Å². The van der Waals surface area contributed by atoms with Gasteiger partial charge in [0.2, 0.25) is 0 Å². The summed E-state index contributed by atoms with van der Waals surface area (Å²) in [6.07, 6.45) is 8.66. The van der Waals surface area contributed by atoms with Gasteiger partial charge in [-0.1, -0.05) is 42.5 Å². The fourth-order valence-corrected chi connectivity index (χ4v) is 1.68. The van der Waals surface area contributed by atoms with E-state index in [4.69, 9.17) is 0 Å². The van der Waals surface area contributed by atoms with Gasteiger partial charge in [0.25, 0.3) is 0 Å². The molecule has 0 radical (unpaired) electrons. The lowest BCUT2D eigenvalue weighted by molar-refractivity contribution is 0.683. The van der Waals surface area contributed by atoms with Crippen molar-refractivity contribution in [2.75, 3.05) is 5.32 Å². The highest BCUT2D eigenvalue weighted by atomic mass is 14.9. The van der Waals surface area contributed by atoms with Crippen LogP contribution in [-0.2, 0) is 0 Å². The molecule has 0 amide bonds. The van der Waals surface area contributed by atoms with Crippen molar-refractivity contribution < 1.29 is 0 Å². The standard InChI is InChI=1S/C13H15N/c1-11(12-7-5-6-8-12)14-13-9-3-2-4-10-13/h2-12,14H,1H3. The van der Waals surface area contributed by atoms with Gasteiger partial charge in [-0.3, -0.25) is 0 Å². The van der Waals surface area contributed by atoms with Crippen molar-refractivity contribution in [1.82, 2.24) is 0 Å². The van der Waals surface area contributed by atoms with E-state index in [0.29, 0.717) is 12.0 Å². The van der Waals surface area contributed by atoms with E-state index in [1.54, 1.807) is 0 Å². The van der Waals surface area contributed by atoms with Crippen molar-refractivity contribution in [3.05, 3.63) is 54.6 Å². The predicted molar refractivity (Wildman–Crippen MR) is 61.3 cm³/mol. The highest BCUT2D eigenvalue weighted by Gasteiger charge is 2.12. The van der Waals surface area contributed by atoms with Crippen LogP contribution in [0.25, 0.3) is 0 Å². The third-order valence-corrected chi connectivity index (χ3v) is 2.52. The molecule has 1 aliphatic carbocycles. The Morgan fingerprint density at radius 3 is 2.36 bits per heavy atom. The molecule has 1 unspecified atom stereocenters. The van der Waals surface area contributed by atoms with Gasteiger partial charge in [0, 0.05) is 17.6 Å². The van der Waals surface area contributed by atoms with E-state index >= 15 is 0 Å². The molecule has 0 aliphatic heterocycles. The molecule has 1 N–H and O–H groups in total. The normalized spacial score (nSPS) is 17.2. The monoisotopic (exact) mass is 185 g/mol. The summed E-state index contributed by atoms with van der Waals surface area (Å²) in [5.41, 5.74) is 1.19. The largest absolute Gasteiger partial charge is 0.382 e. The van der Waals surface area contributed by atoms with Crippen LogP contribution in [0.4, 0.5) is 5.69 Å². The van der Waals surface area contributed by atoms with Crippen LogP contribution < -0.4 is 5.32 Å². The predicted octanol–water partition coefficient (Wildman–Crippen LogP) is 3.23.